The number of carbonyl (C=O) groups is 2. The Morgan fingerprint density at radius 2 is 1.74 bits per heavy atom. The molecule has 1 aliphatic heterocycles. The van der Waals surface area contributed by atoms with E-state index in [1.165, 1.54) is 24.8 Å². The Kier molecular flexibility index (Phi) is 7.53. The number of amides is 3. The Morgan fingerprint density at radius 1 is 1.06 bits per heavy atom. The minimum Gasteiger partial charge on any atom is -0.353 e. The fraction of sp³-hybridized carbons (Fsp3) is 0.704. The summed E-state index contributed by atoms with van der Waals surface area (Å²) in [7, 11) is 8.34. The molecule has 1 spiro atoms. The smallest absolute Gasteiger partial charge is 0.321 e. The molecule has 1 saturated heterocycles. The number of likely N-dealkylation sites (N-methyl/N-ethyl adjacent to an activating group) is 1. The summed E-state index contributed by atoms with van der Waals surface area (Å²) in [6.45, 7) is 3.07. The average Bonchev–Trinajstić information content (AvgIpc) is 3.02. The summed E-state index contributed by atoms with van der Waals surface area (Å²) in [4.78, 5) is 34.6. The van der Waals surface area contributed by atoms with Gasteiger partial charge in [0.1, 0.15) is 6.54 Å². The van der Waals surface area contributed by atoms with Crippen LogP contribution >= 0.6 is 0 Å². The summed E-state index contributed by atoms with van der Waals surface area (Å²) >= 11 is 0. The van der Waals surface area contributed by atoms with E-state index in [4.69, 9.17) is 0 Å². The predicted molar refractivity (Wildman–Crippen MR) is 136 cm³/mol. The van der Waals surface area contributed by atoms with Gasteiger partial charge in [-0.15, -0.1) is 0 Å². The van der Waals surface area contributed by atoms with Gasteiger partial charge in [0.05, 0.1) is 5.54 Å². The molecule has 7 nitrogen and oxygen atoms in total. The van der Waals surface area contributed by atoms with Crippen LogP contribution in [0.4, 0.5) is 4.79 Å². The van der Waals surface area contributed by atoms with Gasteiger partial charge in [0.15, 0.2) is 0 Å². The van der Waals surface area contributed by atoms with Crippen molar-refractivity contribution in [2.45, 2.75) is 56.0 Å². The van der Waals surface area contributed by atoms with Crippen LogP contribution in [0.25, 0.3) is 0 Å². The van der Waals surface area contributed by atoms with Crippen molar-refractivity contribution in [1.82, 2.24) is 24.9 Å². The van der Waals surface area contributed by atoms with E-state index in [-0.39, 0.29) is 29.6 Å². The maximum Gasteiger partial charge on any atom is 0.321 e. The lowest BCUT2D eigenvalue weighted by Gasteiger charge is -2.51. The molecule has 4 rings (SSSR count). The van der Waals surface area contributed by atoms with Gasteiger partial charge in [-0.1, -0.05) is 36.8 Å². The molecule has 2 saturated carbocycles. The molecule has 1 aromatic rings. The van der Waals surface area contributed by atoms with Crippen LogP contribution in [0.1, 0.15) is 50.5 Å². The first-order valence-electron chi connectivity index (χ1n) is 13.0. The number of nitrogens with one attached hydrogen (secondary N) is 1. The van der Waals surface area contributed by atoms with E-state index in [0.717, 1.165) is 38.8 Å². The summed E-state index contributed by atoms with van der Waals surface area (Å²) in [5, 5.41) is 2.98. The molecule has 1 aromatic carbocycles. The van der Waals surface area contributed by atoms with Crippen LogP contribution in [0.3, 0.4) is 0 Å². The van der Waals surface area contributed by atoms with Crippen molar-refractivity contribution >= 4 is 11.9 Å². The topological polar surface area (TPSA) is 59.1 Å². The van der Waals surface area contributed by atoms with Crippen LogP contribution in [0.5, 0.6) is 0 Å². The zero-order valence-electron chi connectivity index (χ0n) is 21.6. The Bertz CT molecular complexity index is 844. The highest BCUT2D eigenvalue weighted by atomic mass is 16.2. The Labute approximate surface area is 205 Å². The first-order valence-corrected chi connectivity index (χ1v) is 13.0. The highest BCUT2D eigenvalue weighted by Gasteiger charge is 2.55. The third-order valence-electron chi connectivity index (χ3n) is 8.62. The van der Waals surface area contributed by atoms with Gasteiger partial charge in [0.25, 0.3) is 0 Å². The third-order valence-corrected chi connectivity index (χ3v) is 8.62. The van der Waals surface area contributed by atoms with Crippen molar-refractivity contribution < 1.29 is 9.59 Å². The Morgan fingerprint density at radius 3 is 2.29 bits per heavy atom. The number of rotatable bonds is 9. The molecular formula is C27H43N5O2. The number of hydrogen-bond donors (Lipinski definition) is 1. The zero-order valence-corrected chi connectivity index (χ0v) is 21.6. The van der Waals surface area contributed by atoms with Crippen LogP contribution in [0.15, 0.2) is 30.3 Å². The lowest BCUT2D eigenvalue weighted by atomic mass is 9.68. The molecular weight excluding hydrogens is 426 g/mol. The third kappa shape index (κ3) is 4.96. The second-order valence-corrected chi connectivity index (χ2v) is 11.2. The van der Waals surface area contributed by atoms with Crippen LogP contribution in [0.2, 0.25) is 0 Å². The molecule has 188 valence electrons. The van der Waals surface area contributed by atoms with E-state index < -0.39 is 0 Å². The number of carbonyl (C=O) groups excluding carboxylic acids is 2. The van der Waals surface area contributed by atoms with Crippen LogP contribution in [-0.4, -0.2) is 98.0 Å². The normalized spacial score (nSPS) is 27.6. The van der Waals surface area contributed by atoms with E-state index in [0.29, 0.717) is 19.0 Å². The van der Waals surface area contributed by atoms with Gasteiger partial charge < -0.3 is 20.0 Å². The molecule has 0 radical (unpaired) electrons. The van der Waals surface area contributed by atoms with Crippen molar-refractivity contribution in [1.29, 1.82) is 0 Å². The fourth-order valence-corrected chi connectivity index (χ4v) is 6.16. The lowest BCUT2D eigenvalue weighted by Crippen LogP contribution is -2.56. The van der Waals surface area contributed by atoms with Gasteiger partial charge in [-0.25, -0.2) is 4.79 Å². The number of urea groups is 1. The quantitative estimate of drug-likeness (QED) is 0.604. The zero-order chi connectivity index (χ0) is 24.3. The van der Waals surface area contributed by atoms with E-state index in [1.807, 2.05) is 23.9 Å². The first kappa shape index (κ1) is 25.0. The van der Waals surface area contributed by atoms with E-state index >= 15 is 0 Å². The number of nitrogens with zero attached hydrogens (tertiary/aromatic N) is 4. The van der Waals surface area contributed by atoms with Crippen molar-refractivity contribution in [2.24, 2.45) is 5.92 Å². The van der Waals surface area contributed by atoms with Crippen molar-refractivity contribution in [2.75, 3.05) is 60.9 Å². The molecule has 0 unspecified atom stereocenters. The Hall–Kier alpha value is -2.12. The first-order chi connectivity index (χ1) is 16.3. The number of hydrogen-bond acceptors (Lipinski definition) is 4. The minimum absolute atomic E-state index is 0.00529. The summed E-state index contributed by atoms with van der Waals surface area (Å²) in [6.07, 6.45) is 7.68. The maximum absolute atomic E-state index is 13.6. The van der Waals surface area contributed by atoms with Gasteiger partial charge in [-0.3, -0.25) is 9.69 Å². The monoisotopic (exact) mass is 469 g/mol. The molecule has 1 N–H and O–H groups in total. The average molecular weight is 470 g/mol. The van der Waals surface area contributed by atoms with Gasteiger partial charge in [0, 0.05) is 31.7 Å². The molecule has 0 aromatic heterocycles. The summed E-state index contributed by atoms with van der Waals surface area (Å²) in [5.41, 5.74) is 1.20. The van der Waals surface area contributed by atoms with E-state index in [2.05, 4.69) is 59.5 Å². The standard InChI is InChI=1S/C27H43N5O2/c1-29(2)18-17-28-24(33)20-31-21-26(32(25(31)34)19-22-9-8-10-22)13-15-27(16-14-26,30(3)4)23-11-6-5-7-12-23/h5-7,11-12,22H,8-10,13-21H2,1-4H3,(H,28,33). The summed E-state index contributed by atoms with van der Waals surface area (Å²) < 4.78 is 0. The van der Waals surface area contributed by atoms with Crippen LogP contribution in [-0.2, 0) is 10.3 Å². The summed E-state index contributed by atoms with van der Waals surface area (Å²) in [6, 6.07) is 10.9. The fourth-order valence-electron chi connectivity index (χ4n) is 6.16. The predicted octanol–water partition coefficient (Wildman–Crippen LogP) is 2.97. The summed E-state index contributed by atoms with van der Waals surface area (Å²) in [5.74, 6) is 0.558. The van der Waals surface area contributed by atoms with Crippen LogP contribution in [0, 0.1) is 5.92 Å². The second kappa shape index (κ2) is 10.2. The van der Waals surface area contributed by atoms with E-state index in [1.54, 1.807) is 0 Å². The van der Waals surface area contributed by atoms with Crippen molar-refractivity contribution in [3.8, 4) is 0 Å². The Balaban J connectivity index is 1.49. The van der Waals surface area contributed by atoms with E-state index in [9.17, 15) is 9.59 Å². The molecule has 2 aliphatic carbocycles. The molecule has 34 heavy (non-hydrogen) atoms. The van der Waals surface area contributed by atoms with Crippen molar-refractivity contribution in [3.05, 3.63) is 35.9 Å². The molecule has 1 heterocycles. The van der Waals surface area contributed by atoms with Crippen LogP contribution < -0.4 is 5.32 Å². The SMILES string of the molecule is CN(C)CCNC(=O)CN1CC2(CCC(c3ccccc3)(N(C)C)CC2)N(CC2CCC2)C1=O. The molecule has 7 heteroatoms. The van der Waals surface area contributed by atoms with Gasteiger partial charge >= 0.3 is 6.03 Å². The van der Waals surface area contributed by atoms with Gasteiger partial charge in [0.2, 0.25) is 5.91 Å². The largest absolute Gasteiger partial charge is 0.353 e. The highest BCUT2D eigenvalue weighted by molar-refractivity contribution is 5.86. The molecule has 0 atom stereocenters. The maximum atomic E-state index is 13.6. The number of benzene rings is 1. The molecule has 3 fully saturated rings. The molecule has 3 amide bonds. The lowest BCUT2D eigenvalue weighted by molar-refractivity contribution is -0.121. The molecule has 0 bridgehead atoms. The highest BCUT2D eigenvalue weighted by Crippen LogP contribution is 2.49. The van der Waals surface area contributed by atoms with Crippen molar-refractivity contribution in [3.63, 3.8) is 0 Å². The van der Waals surface area contributed by atoms with Gasteiger partial charge in [-0.05, 0) is 78.2 Å². The minimum atomic E-state index is -0.162. The second-order valence-electron chi connectivity index (χ2n) is 11.2. The van der Waals surface area contributed by atoms with Gasteiger partial charge in [-0.2, -0.15) is 0 Å². The molecule has 3 aliphatic rings.